The predicted octanol–water partition coefficient (Wildman–Crippen LogP) is 3.48. The highest BCUT2D eigenvalue weighted by atomic mass is 16.6. The van der Waals surface area contributed by atoms with Crippen molar-refractivity contribution in [2.45, 2.75) is 19.9 Å². The van der Waals surface area contributed by atoms with Crippen LogP contribution in [0, 0.1) is 17.0 Å². The van der Waals surface area contributed by atoms with Gasteiger partial charge in [0, 0.05) is 11.6 Å². The highest BCUT2D eigenvalue weighted by Crippen LogP contribution is 2.34. The topological polar surface area (TPSA) is 121 Å². The molecule has 0 spiro atoms. The van der Waals surface area contributed by atoms with E-state index in [0.29, 0.717) is 17.0 Å². The van der Waals surface area contributed by atoms with Crippen LogP contribution in [-0.2, 0) is 4.79 Å². The number of nitro groups is 1. The van der Waals surface area contributed by atoms with Crippen molar-refractivity contribution < 1.29 is 14.8 Å². The Morgan fingerprint density at radius 3 is 2.58 bits per heavy atom. The molecule has 0 radical (unpaired) electrons. The molecule has 2 aromatic rings. The van der Waals surface area contributed by atoms with Crippen LogP contribution in [0.3, 0.4) is 0 Å². The molecule has 0 bridgehead atoms. The predicted molar refractivity (Wildman–Crippen MR) is 94.8 cm³/mol. The zero-order chi connectivity index (χ0) is 18.8. The van der Waals surface area contributed by atoms with E-state index >= 15 is 0 Å². The van der Waals surface area contributed by atoms with E-state index < -0.39 is 22.4 Å². The molecule has 0 saturated carbocycles. The molecular weight excluding hydrogens is 338 g/mol. The second-order valence-corrected chi connectivity index (χ2v) is 5.73. The summed E-state index contributed by atoms with van der Waals surface area (Å²) < 4.78 is 0. The Balaban J connectivity index is 1.87. The summed E-state index contributed by atoms with van der Waals surface area (Å²) in [5, 5.41) is 34.1. The van der Waals surface area contributed by atoms with Gasteiger partial charge in [-0.1, -0.05) is 18.2 Å². The van der Waals surface area contributed by atoms with E-state index in [9.17, 15) is 20.0 Å². The van der Waals surface area contributed by atoms with Crippen LogP contribution in [0.15, 0.2) is 57.8 Å². The minimum Gasteiger partial charge on any atom is -0.502 e. The number of hydrazone groups is 1. The number of amides is 1. The molecule has 0 aliphatic carbocycles. The summed E-state index contributed by atoms with van der Waals surface area (Å²) in [4.78, 5) is 22.8. The van der Waals surface area contributed by atoms with Gasteiger partial charge in [-0.3, -0.25) is 14.9 Å². The molecule has 1 atom stereocenters. The van der Waals surface area contributed by atoms with Crippen LogP contribution in [0.1, 0.15) is 12.5 Å². The Labute approximate surface area is 148 Å². The number of aromatic hydroxyl groups is 1. The van der Waals surface area contributed by atoms with E-state index in [1.165, 1.54) is 18.0 Å². The number of benzene rings is 2. The molecule has 1 aliphatic heterocycles. The fourth-order valence-electron chi connectivity index (χ4n) is 2.51. The Bertz CT molecular complexity index is 940. The smallest absolute Gasteiger partial charge is 0.313 e. The van der Waals surface area contributed by atoms with Crippen molar-refractivity contribution in [2.24, 2.45) is 15.3 Å². The van der Waals surface area contributed by atoms with Gasteiger partial charge in [0.15, 0.2) is 11.8 Å². The Kier molecular flexibility index (Phi) is 4.44. The fraction of sp³-hybridized carbons (Fsp3) is 0.176. The standard InChI is InChI=1S/C17H15N5O4/c1-10-8-12(9-14(16(10)23)22(25)26)18-19-15-11(2)20-21(17(15)24)13-6-4-3-5-7-13/h3-9,15,23H,1-2H3. The summed E-state index contributed by atoms with van der Waals surface area (Å²) in [5.41, 5.74) is 1.08. The first-order valence-electron chi connectivity index (χ1n) is 7.71. The number of rotatable bonds is 4. The third kappa shape index (κ3) is 3.14. The molecule has 0 aromatic heterocycles. The molecule has 3 rings (SSSR count). The monoisotopic (exact) mass is 353 g/mol. The molecule has 9 heteroatoms. The number of nitro benzene ring substituents is 1. The van der Waals surface area contributed by atoms with Gasteiger partial charge in [-0.25, -0.2) is 0 Å². The van der Waals surface area contributed by atoms with E-state index in [1.807, 2.05) is 6.07 Å². The molecule has 26 heavy (non-hydrogen) atoms. The molecule has 9 nitrogen and oxygen atoms in total. The van der Waals surface area contributed by atoms with E-state index in [1.54, 1.807) is 31.2 Å². The minimum atomic E-state index is -0.900. The van der Waals surface area contributed by atoms with Crippen LogP contribution in [0.5, 0.6) is 5.75 Å². The van der Waals surface area contributed by atoms with Crippen LogP contribution < -0.4 is 5.01 Å². The molecule has 1 amide bonds. The van der Waals surface area contributed by atoms with Crippen molar-refractivity contribution in [3.8, 4) is 5.75 Å². The van der Waals surface area contributed by atoms with Crippen LogP contribution in [0.2, 0.25) is 0 Å². The SMILES string of the molecule is CC1=NN(c2ccccc2)C(=O)C1N=Nc1cc(C)c(O)c([N+](=O)[O-])c1. The number of hydrogen-bond acceptors (Lipinski definition) is 7. The lowest BCUT2D eigenvalue weighted by Crippen LogP contribution is -2.29. The number of carbonyl (C=O) groups excluding carboxylic acids is 1. The van der Waals surface area contributed by atoms with Crippen molar-refractivity contribution in [2.75, 3.05) is 5.01 Å². The highest BCUT2D eigenvalue weighted by molar-refractivity contribution is 6.18. The average molecular weight is 353 g/mol. The molecular formula is C17H15N5O4. The summed E-state index contributed by atoms with van der Waals surface area (Å²) in [6.07, 6.45) is 0. The van der Waals surface area contributed by atoms with Crippen molar-refractivity contribution in [3.63, 3.8) is 0 Å². The molecule has 0 saturated heterocycles. The zero-order valence-corrected chi connectivity index (χ0v) is 14.0. The maximum atomic E-state index is 12.5. The van der Waals surface area contributed by atoms with Crippen LogP contribution >= 0.6 is 0 Å². The maximum Gasteiger partial charge on any atom is 0.313 e. The van der Waals surface area contributed by atoms with Gasteiger partial charge in [0.05, 0.1) is 22.0 Å². The van der Waals surface area contributed by atoms with Gasteiger partial charge in [-0.15, -0.1) is 0 Å². The quantitative estimate of drug-likeness (QED) is 0.514. The van der Waals surface area contributed by atoms with Gasteiger partial charge >= 0.3 is 5.69 Å². The van der Waals surface area contributed by atoms with E-state index in [0.717, 1.165) is 6.07 Å². The molecule has 1 aliphatic rings. The number of azo groups is 1. The Morgan fingerprint density at radius 1 is 1.23 bits per heavy atom. The lowest BCUT2D eigenvalue weighted by Gasteiger charge is -2.11. The summed E-state index contributed by atoms with van der Waals surface area (Å²) in [6, 6.07) is 10.6. The minimum absolute atomic E-state index is 0.172. The van der Waals surface area contributed by atoms with Gasteiger partial charge in [-0.05, 0) is 32.0 Å². The third-order valence-electron chi connectivity index (χ3n) is 3.85. The van der Waals surface area contributed by atoms with E-state index in [2.05, 4.69) is 15.3 Å². The van der Waals surface area contributed by atoms with Crippen molar-refractivity contribution in [3.05, 3.63) is 58.1 Å². The van der Waals surface area contributed by atoms with Crippen molar-refractivity contribution in [1.29, 1.82) is 0 Å². The molecule has 132 valence electrons. The summed E-state index contributed by atoms with van der Waals surface area (Å²) in [5.74, 6) is -0.777. The maximum absolute atomic E-state index is 12.5. The summed E-state index contributed by atoms with van der Waals surface area (Å²) in [6.45, 7) is 3.18. The first-order chi connectivity index (χ1) is 12.4. The van der Waals surface area contributed by atoms with Gasteiger partial charge in [0.25, 0.3) is 5.91 Å². The Morgan fingerprint density at radius 2 is 1.92 bits per heavy atom. The lowest BCUT2D eigenvalue weighted by atomic mass is 10.1. The second kappa shape index (κ2) is 6.71. The summed E-state index contributed by atoms with van der Waals surface area (Å²) in [7, 11) is 0. The van der Waals surface area contributed by atoms with Gasteiger partial charge in [0.1, 0.15) is 0 Å². The normalized spacial score (nSPS) is 17.0. The van der Waals surface area contributed by atoms with Gasteiger partial charge in [0.2, 0.25) is 0 Å². The van der Waals surface area contributed by atoms with E-state index in [-0.39, 0.29) is 11.6 Å². The molecule has 0 fully saturated rings. The van der Waals surface area contributed by atoms with Gasteiger partial charge in [-0.2, -0.15) is 20.3 Å². The number of para-hydroxylation sites is 1. The average Bonchev–Trinajstić information content (AvgIpc) is 2.90. The third-order valence-corrected chi connectivity index (χ3v) is 3.85. The van der Waals surface area contributed by atoms with E-state index in [4.69, 9.17) is 0 Å². The number of aryl methyl sites for hydroxylation is 1. The largest absolute Gasteiger partial charge is 0.502 e. The highest BCUT2D eigenvalue weighted by Gasteiger charge is 2.34. The first-order valence-corrected chi connectivity index (χ1v) is 7.71. The Hall–Kier alpha value is -3.62. The number of carbonyl (C=O) groups is 1. The number of hydrogen-bond donors (Lipinski definition) is 1. The first kappa shape index (κ1) is 17.2. The fourth-order valence-corrected chi connectivity index (χ4v) is 2.51. The van der Waals surface area contributed by atoms with Crippen molar-refractivity contribution in [1.82, 2.24) is 0 Å². The molecule has 2 aromatic carbocycles. The van der Waals surface area contributed by atoms with Gasteiger partial charge < -0.3 is 5.11 Å². The summed E-state index contributed by atoms with van der Waals surface area (Å²) >= 11 is 0. The molecule has 1 heterocycles. The number of anilines is 1. The number of nitrogens with zero attached hydrogens (tertiary/aromatic N) is 5. The van der Waals surface area contributed by atoms with Crippen molar-refractivity contribution >= 4 is 28.7 Å². The second-order valence-electron chi connectivity index (χ2n) is 5.73. The van der Waals surface area contributed by atoms with Crippen LogP contribution in [0.25, 0.3) is 0 Å². The zero-order valence-electron chi connectivity index (χ0n) is 14.0. The number of phenolic OH excluding ortho intramolecular Hbond substituents is 1. The van der Waals surface area contributed by atoms with Crippen LogP contribution in [0.4, 0.5) is 17.1 Å². The number of phenols is 1. The molecule has 1 unspecified atom stereocenters. The lowest BCUT2D eigenvalue weighted by molar-refractivity contribution is -0.385. The van der Waals surface area contributed by atoms with Crippen LogP contribution in [-0.4, -0.2) is 27.7 Å². The molecule has 1 N–H and O–H groups in total.